The number of hydrogen-bond acceptors (Lipinski definition) is 5. The third kappa shape index (κ3) is 4.93. The van der Waals surface area contributed by atoms with Gasteiger partial charge in [-0.25, -0.2) is 9.50 Å². The van der Waals surface area contributed by atoms with E-state index in [4.69, 9.17) is 26.2 Å². The van der Waals surface area contributed by atoms with E-state index in [1.165, 1.54) is 14.2 Å². The number of nitrogens with one attached hydrogen (secondary N) is 1. The highest BCUT2D eigenvalue weighted by atomic mass is 35.5. The number of nitrogens with zero attached hydrogens (tertiary/aromatic N) is 3. The topological polar surface area (TPSA) is 77.8 Å². The lowest BCUT2D eigenvalue weighted by Gasteiger charge is -2.14. The standard InChI is InChI=1S/C21H25ClN4O3/c1-13-17(9-10-20(27)23-12-21(28-3)29-4)14(2)26-19(24-13)11-18(25-26)15-5-7-16(22)8-6-15/h5-8,11,21H,9-10,12H2,1-4H3,(H,23,27). The van der Waals surface area contributed by atoms with Crippen molar-refractivity contribution in [2.75, 3.05) is 20.8 Å². The molecule has 0 saturated carbocycles. The van der Waals surface area contributed by atoms with E-state index < -0.39 is 6.29 Å². The molecule has 0 unspecified atom stereocenters. The minimum Gasteiger partial charge on any atom is -0.354 e. The smallest absolute Gasteiger partial charge is 0.220 e. The molecule has 1 N–H and O–H groups in total. The number of hydrogen-bond donors (Lipinski definition) is 1. The Bertz CT molecular complexity index is 997. The number of methoxy groups -OCH3 is 2. The molecule has 1 aromatic carbocycles. The number of aryl methyl sites for hydroxylation is 2. The molecule has 2 heterocycles. The predicted octanol–water partition coefficient (Wildman–Crippen LogP) is 3.33. The van der Waals surface area contributed by atoms with Crippen molar-refractivity contribution >= 4 is 23.2 Å². The molecular formula is C21H25ClN4O3. The van der Waals surface area contributed by atoms with Gasteiger partial charge in [0.15, 0.2) is 11.9 Å². The molecule has 3 rings (SSSR count). The molecule has 0 bridgehead atoms. The maximum absolute atomic E-state index is 12.2. The van der Waals surface area contributed by atoms with Crippen LogP contribution in [-0.4, -0.2) is 47.6 Å². The normalized spacial score (nSPS) is 11.4. The van der Waals surface area contributed by atoms with E-state index in [0.29, 0.717) is 24.4 Å². The first-order valence-electron chi connectivity index (χ1n) is 9.37. The molecule has 7 nitrogen and oxygen atoms in total. The van der Waals surface area contributed by atoms with Crippen LogP contribution in [0.25, 0.3) is 16.9 Å². The average Bonchev–Trinajstić information content (AvgIpc) is 3.13. The Morgan fingerprint density at radius 3 is 2.55 bits per heavy atom. The quantitative estimate of drug-likeness (QED) is 0.570. The molecule has 0 spiro atoms. The van der Waals surface area contributed by atoms with Crippen molar-refractivity contribution in [1.29, 1.82) is 0 Å². The van der Waals surface area contributed by atoms with Gasteiger partial charge in [-0.3, -0.25) is 4.79 Å². The van der Waals surface area contributed by atoms with Gasteiger partial charge in [0.05, 0.1) is 12.2 Å². The van der Waals surface area contributed by atoms with Gasteiger partial charge in [-0.1, -0.05) is 23.7 Å². The van der Waals surface area contributed by atoms with Crippen molar-refractivity contribution in [3.05, 3.63) is 52.3 Å². The second kappa shape index (κ2) is 9.35. The summed E-state index contributed by atoms with van der Waals surface area (Å²) in [6, 6.07) is 9.51. The fourth-order valence-corrected chi connectivity index (χ4v) is 3.36. The first-order valence-corrected chi connectivity index (χ1v) is 9.74. The molecule has 0 aliphatic rings. The zero-order valence-electron chi connectivity index (χ0n) is 17.0. The SMILES string of the molecule is COC(CNC(=O)CCc1c(C)nc2cc(-c3ccc(Cl)cc3)nn2c1C)OC. The van der Waals surface area contributed by atoms with Crippen molar-refractivity contribution < 1.29 is 14.3 Å². The van der Waals surface area contributed by atoms with E-state index in [1.807, 2.05) is 48.7 Å². The Morgan fingerprint density at radius 2 is 1.90 bits per heavy atom. The van der Waals surface area contributed by atoms with E-state index >= 15 is 0 Å². The molecule has 0 aliphatic heterocycles. The van der Waals surface area contributed by atoms with Crippen LogP contribution in [0.15, 0.2) is 30.3 Å². The van der Waals surface area contributed by atoms with Crippen LogP contribution in [0.5, 0.6) is 0 Å². The number of rotatable bonds is 8. The van der Waals surface area contributed by atoms with Gasteiger partial charge in [0.2, 0.25) is 5.91 Å². The Balaban J connectivity index is 1.76. The maximum Gasteiger partial charge on any atom is 0.220 e. The molecule has 0 radical (unpaired) electrons. The number of amides is 1. The molecule has 0 fully saturated rings. The van der Waals surface area contributed by atoms with Gasteiger partial charge in [-0.2, -0.15) is 5.10 Å². The van der Waals surface area contributed by atoms with Gasteiger partial charge in [-0.15, -0.1) is 0 Å². The summed E-state index contributed by atoms with van der Waals surface area (Å²) in [6.45, 7) is 4.27. The summed E-state index contributed by atoms with van der Waals surface area (Å²) in [4.78, 5) is 16.9. The van der Waals surface area contributed by atoms with Crippen LogP contribution in [0.2, 0.25) is 5.02 Å². The number of carbonyl (C=O) groups excluding carboxylic acids is 1. The summed E-state index contributed by atoms with van der Waals surface area (Å²) in [5.74, 6) is -0.0645. The number of benzene rings is 1. The molecule has 0 saturated heterocycles. The van der Waals surface area contributed by atoms with Crippen LogP contribution in [0.1, 0.15) is 23.4 Å². The van der Waals surface area contributed by atoms with Crippen LogP contribution in [0, 0.1) is 13.8 Å². The van der Waals surface area contributed by atoms with Crippen LogP contribution in [0.4, 0.5) is 0 Å². The van der Waals surface area contributed by atoms with E-state index in [9.17, 15) is 4.79 Å². The van der Waals surface area contributed by atoms with Crippen LogP contribution < -0.4 is 5.32 Å². The summed E-state index contributed by atoms with van der Waals surface area (Å²) in [7, 11) is 3.08. The first kappa shape index (κ1) is 21.2. The summed E-state index contributed by atoms with van der Waals surface area (Å²) in [6.07, 6.45) is 0.476. The Kier molecular flexibility index (Phi) is 6.84. The highest BCUT2D eigenvalue weighted by Crippen LogP contribution is 2.24. The molecule has 3 aromatic rings. The van der Waals surface area contributed by atoms with Gasteiger partial charge in [0.1, 0.15) is 0 Å². The Morgan fingerprint density at radius 1 is 1.21 bits per heavy atom. The summed E-state index contributed by atoms with van der Waals surface area (Å²) in [5.41, 5.74) is 5.49. The highest BCUT2D eigenvalue weighted by molar-refractivity contribution is 6.30. The van der Waals surface area contributed by atoms with Crippen molar-refractivity contribution in [3.63, 3.8) is 0 Å². The molecule has 1 amide bonds. The second-order valence-electron chi connectivity index (χ2n) is 6.77. The Hall–Kier alpha value is -2.48. The third-order valence-corrected chi connectivity index (χ3v) is 5.15. The van der Waals surface area contributed by atoms with Crippen LogP contribution in [0.3, 0.4) is 0 Å². The van der Waals surface area contributed by atoms with Crippen LogP contribution in [-0.2, 0) is 20.7 Å². The first-order chi connectivity index (χ1) is 13.9. The fourth-order valence-electron chi connectivity index (χ4n) is 3.24. The number of carbonyl (C=O) groups is 1. The third-order valence-electron chi connectivity index (χ3n) is 4.90. The van der Waals surface area contributed by atoms with Gasteiger partial charge >= 0.3 is 0 Å². The van der Waals surface area contributed by atoms with Crippen LogP contribution >= 0.6 is 11.6 Å². The number of ether oxygens (including phenoxy) is 2. The minimum absolute atomic E-state index is 0.0645. The molecule has 2 aromatic heterocycles. The van der Waals surface area contributed by atoms with Crippen molar-refractivity contribution in [3.8, 4) is 11.3 Å². The molecule has 0 atom stereocenters. The van der Waals surface area contributed by atoms with Crippen molar-refractivity contribution in [1.82, 2.24) is 19.9 Å². The molecule has 0 aliphatic carbocycles. The minimum atomic E-state index is -0.448. The monoisotopic (exact) mass is 416 g/mol. The lowest BCUT2D eigenvalue weighted by atomic mass is 10.1. The van der Waals surface area contributed by atoms with Gasteiger partial charge in [-0.05, 0) is 38.0 Å². The zero-order chi connectivity index (χ0) is 21.0. The lowest BCUT2D eigenvalue weighted by Crippen LogP contribution is -2.34. The van der Waals surface area contributed by atoms with E-state index in [0.717, 1.165) is 33.9 Å². The zero-order valence-corrected chi connectivity index (χ0v) is 17.8. The Labute approximate surface area is 175 Å². The van der Waals surface area contributed by atoms with Crippen molar-refractivity contribution in [2.45, 2.75) is 33.0 Å². The van der Waals surface area contributed by atoms with Gasteiger partial charge < -0.3 is 14.8 Å². The summed E-state index contributed by atoms with van der Waals surface area (Å²) < 4.78 is 12.0. The average molecular weight is 417 g/mol. The summed E-state index contributed by atoms with van der Waals surface area (Å²) in [5, 5.41) is 8.20. The predicted molar refractivity (Wildman–Crippen MR) is 112 cm³/mol. The van der Waals surface area contributed by atoms with E-state index in [-0.39, 0.29) is 5.91 Å². The fraction of sp³-hybridized carbons (Fsp3) is 0.381. The highest BCUT2D eigenvalue weighted by Gasteiger charge is 2.15. The molecule has 8 heteroatoms. The lowest BCUT2D eigenvalue weighted by molar-refractivity contribution is -0.127. The number of halogens is 1. The van der Waals surface area contributed by atoms with Crippen molar-refractivity contribution in [2.24, 2.45) is 0 Å². The van der Waals surface area contributed by atoms with Gasteiger partial charge in [0, 0.05) is 48.7 Å². The van der Waals surface area contributed by atoms with Gasteiger partial charge in [0.25, 0.3) is 0 Å². The maximum atomic E-state index is 12.2. The van der Waals surface area contributed by atoms with E-state index in [2.05, 4.69) is 10.3 Å². The largest absolute Gasteiger partial charge is 0.354 e. The number of fused-ring (bicyclic) bond motifs is 1. The number of aromatic nitrogens is 3. The molecule has 29 heavy (non-hydrogen) atoms. The molecular weight excluding hydrogens is 392 g/mol. The van der Waals surface area contributed by atoms with E-state index in [1.54, 1.807) is 0 Å². The molecule has 154 valence electrons. The summed E-state index contributed by atoms with van der Waals surface area (Å²) >= 11 is 5.98. The second-order valence-corrected chi connectivity index (χ2v) is 7.21.